The maximum absolute atomic E-state index is 11.0. The molecule has 5 heteroatoms. The van der Waals surface area contributed by atoms with Crippen LogP contribution in [0, 0.1) is 23.7 Å². The molecule has 108 valence electrons. The van der Waals surface area contributed by atoms with Crippen molar-refractivity contribution in [2.24, 2.45) is 23.7 Å². The lowest BCUT2D eigenvalue weighted by Crippen LogP contribution is -2.21. The van der Waals surface area contributed by atoms with Gasteiger partial charge in [-0.15, -0.1) is 0 Å². The fourth-order valence-corrected chi connectivity index (χ4v) is 3.66. The third-order valence-electron chi connectivity index (χ3n) is 4.61. The van der Waals surface area contributed by atoms with Crippen molar-refractivity contribution in [1.82, 2.24) is 0 Å². The molecule has 2 fully saturated rings. The molecule has 1 N–H and O–H groups in total. The Morgan fingerprint density at radius 1 is 1.37 bits per heavy atom. The molecule has 0 aromatic carbocycles. The smallest absolute Gasteiger partial charge is 0.331 e. The molecule has 0 unspecified atom stereocenters. The Bertz CT molecular complexity index is 330. The summed E-state index contributed by atoms with van der Waals surface area (Å²) < 4.78 is 9.74. The predicted octanol–water partition coefficient (Wildman–Crippen LogP) is 0.788. The van der Waals surface area contributed by atoms with Crippen LogP contribution in [0.25, 0.3) is 0 Å². The Morgan fingerprint density at radius 2 is 2.16 bits per heavy atom. The Balaban J connectivity index is 1.69. The monoisotopic (exact) mass is 270 g/mol. The van der Waals surface area contributed by atoms with Gasteiger partial charge in [0.1, 0.15) is 12.9 Å². The van der Waals surface area contributed by atoms with Crippen LogP contribution in [0.3, 0.4) is 0 Å². The fraction of sp³-hybridized carbons (Fsp3) is 0.857. The average Bonchev–Trinajstić information content (AvgIpc) is 2.90. The summed E-state index contributed by atoms with van der Waals surface area (Å²) in [7, 11) is 1.34. The maximum Gasteiger partial charge on any atom is 0.331 e. The van der Waals surface area contributed by atoms with E-state index < -0.39 is 6.10 Å². The molecule has 2 saturated carbocycles. The average molecular weight is 270 g/mol. The van der Waals surface area contributed by atoms with Gasteiger partial charge in [-0.3, -0.25) is 0 Å². The highest BCUT2D eigenvalue weighted by atomic mass is 16.6. The minimum Gasteiger partial charge on any atom is -0.467 e. The van der Waals surface area contributed by atoms with Gasteiger partial charge in [0.15, 0.2) is 0 Å². The first-order valence-corrected chi connectivity index (χ1v) is 6.93. The molecule has 2 aliphatic rings. The topological polar surface area (TPSA) is 72.8 Å². The van der Waals surface area contributed by atoms with Gasteiger partial charge in [-0.25, -0.2) is 4.79 Å². The number of carbonyl (C=O) groups excluding carboxylic acids is 2. The van der Waals surface area contributed by atoms with E-state index >= 15 is 0 Å². The van der Waals surface area contributed by atoms with Gasteiger partial charge < -0.3 is 19.4 Å². The zero-order valence-electron chi connectivity index (χ0n) is 11.3. The van der Waals surface area contributed by atoms with Gasteiger partial charge in [0.05, 0.1) is 13.2 Å². The molecule has 2 aliphatic carbocycles. The summed E-state index contributed by atoms with van der Waals surface area (Å²) in [6.45, 7) is 0.555. The van der Waals surface area contributed by atoms with E-state index in [9.17, 15) is 14.7 Å². The Hall–Kier alpha value is -0.940. The number of aldehydes is 1. The highest BCUT2D eigenvalue weighted by Gasteiger charge is 2.47. The van der Waals surface area contributed by atoms with E-state index in [1.807, 2.05) is 0 Å². The SMILES string of the molecule is COC(=O)COCC[C@@H]1C[C@H]2C[C@@H](O)[C@H](C=O)[C@H]2C1. The van der Waals surface area contributed by atoms with Crippen LogP contribution in [-0.2, 0) is 19.1 Å². The van der Waals surface area contributed by atoms with Crippen molar-refractivity contribution in [3.8, 4) is 0 Å². The van der Waals surface area contributed by atoms with Crippen molar-refractivity contribution in [3.05, 3.63) is 0 Å². The minimum absolute atomic E-state index is 0.00571. The summed E-state index contributed by atoms with van der Waals surface area (Å²) in [5.74, 6) is 0.843. The van der Waals surface area contributed by atoms with Gasteiger partial charge in [0.2, 0.25) is 0 Å². The van der Waals surface area contributed by atoms with Crippen LogP contribution in [0.1, 0.15) is 25.7 Å². The lowest BCUT2D eigenvalue weighted by Gasteiger charge is -2.16. The Labute approximate surface area is 113 Å². The first kappa shape index (κ1) is 14.5. The number of aliphatic hydroxyl groups excluding tert-OH is 1. The van der Waals surface area contributed by atoms with Crippen LogP contribution in [-0.4, -0.2) is 43.8 Å². The van der Waals surface area contributed by atoms with Crippen molar-refractivity contribution in [1.29, 1.82) is 0 Å². The van der Waals surface area contributed by atoms with E-state index in [-0.39, 0.29) is 18.5 Å². The van der Waals surface area contributed by atoms with Gasteiger partial charge in [-0.05, 0) is 43.4 Å². The second-order valence-corrected chi connectivity index (χ2v) is 5.70. The first-order valence-electron chi connectivity index (χ1n) is 6.93. The highest BCUT2D eigenvalue weighted by Crippen LogP contribution is 2.50. The number of ether oxygens (including phenoxy) is 2. The lowest BCUT2D eigenvalue weighted by atomic mass is 9.91. The molecular weight excluding hydrogens is 248 g/mol. The summed E-state index contributed by atoms with van der Waals surface area (Å²) in [5, 5.41) is 9.78. The number of esters is 1. The van der Waals surface area contributed by atoms with Crippen LogP contribution in [0.4, 0.5) is 0 Å². The summed E-state index contributed by atoms with van der Waals surface area (Å²) in [4.78, 5) is 21.9. The van der Waals surface area contributed by atoms with E-state index in [4.69, 9.17) is 4.74 Å². The number of carbonyl (C=O) groups is 2. The van der Waals surface area contributed by atoms with Crippen molar-refractivity contribution in [2.45, 2.75) is 31.8 Å². The molecule has 0 spiro atoms. The molecule has 0 amide bonds. The quantitative estimate of drug-likeness (QED) is 0.439. The molecule has 0 bridgehead atoms. The van der Waals surface area contributed by atoms with E-state index in [0.717, 1.165) is 32.0 Å². The normalized spacial score (nSPS) is 37.1. The standard InChI is InChI=1S/C14H22O5/c1-18-14(17)8-19-3-2-9-4-10-6-13(16)12(7-15)11(10)5-9/h7,9-13,16H,2-6,8H2,1H3/t9-,10+,11+,12-,13-/m1/s1. The van der Waals surface area contributed by atoms with Gasteiger partial charge in [0, 0.05) is 12.5 Å². The number of rotatable bonds is 6. The van der Waals surface area contributed by atoms with Gasteiger partial charge >= 0.3 is 5.97 Å². The van der Waals surface area contributed by atoms with Crippen LogP contribution >= 0.6 is 0 Å². The van der Waals surface area contributed by atoms with Crippen molar-refractivity contribution in [2.75, 3.05) is 20.3 Å². The third kappa shape index (κ3) is 3.34. The van der Waals surface area contributed by atoms with E-state index in [0.29, 0.717) is 24.4 Å². The zero-order chi connectivity index (χ0) is 13.8. The van der Waals surface area contributed by atoms with Crippen molar-refractivity contribution >= 4 is 12.3 Å². The van der Waals surface area contributed by atoms with Crippen molar-refractivity contribution < 1.29 is 24.2 Å². The molecule has 5 atom stereocenters. The number of hydrogen-bond donors (Lipinski definition) is 1. The van der Waals surface area contributed by atoms with E-state index in [1.165, 1.54) is 7.11 Å². The molecule has 0 saturated heterocycles. The fourth-order valence-electron chi connectivity index (χ4n) is 3.66. The van der Waals surface area contributed by atoms with Crippen LogP contribution in [0.5, 0.6) is 0 Å². The Morgan fingerprint density at radius 3 is 2.84 bits per heavy atom. The van der Waals surface area contributed by atoms with Gasteiger partial charge in [-0.2, -0.15) is 0 Å². The van der Waals surface area contributed by atoms with Gasteiger partial charge in [0.25, 0.3) is 0 Å². The van der Waals surface area contributed by atoms with Crippen molar-refractivity contribution in [3.63, 3.8) is 0 Å². The number of hydrogen-bond acceptors (Lipinski definition) is 5. The zero-order valence-corrected chi connectivity index (χ0v) is 11.3. The lowest BCUT2D eigenvalue weighted by molar-refractivity contribution is -0.146. The highest BCUT2D eigenvalue weighted by molar-refractivity contribution is 5.70. The maximum atomic E-state index is 11.0. The molecule has 5 nitrogen and oxygen atoms in total. The summed E-state index contributed by atoms with van der Waals surface area (Å²) in [5.41, 5.74) is 0. The molecule has 0 aliphatic heterocycles. The summed E-state index contributed by atoms with van der Waals surface area (Å²) in [6, 6.07) is 0. The van der Waals surface area contributed by atoms with Crippen LogP contribution in [0.2, 0.25) is 0 Å². The third-order valence-corrected chi connectivity index (χ3v) is 4.61. The summed E-state index contributed by atoms with van der Waals surface area (Å²) in [6.07, 6.45) is 4.20. The van der Waals surface area contributed by atoms with Crippen LogP contribution < -0.4 is 0 Å². The predicted molar refractivity (Wildman–Crippen MR) is 67.3 cm³/mol. The van der Waals surface area contributed by atoms with Crippen LogP contribution in [0.15, 0.2) is 0 Å². The molecule has 0 heterocycles. The molecule has 0 radical (unpaired) electrons. The number of fused-ring (bicyclic) bond motifs is 1. The molecule has 0 aromatic heterocycles. The molecule has 19 heavy (non-hydrogen) atoms. The second kappa shape index (κ2) is 6.48. The van der Waals surface area contributed by atoms with Gasteiger partial charge in [-0.1, -0.05) is 0 Å². The molecule has 2 rings (SSSR count). The van der Waals surface area contributed by atoms with E-state index in [2.05, 4.69) is 4.74 Å². The molecule has 0 aromatic rings. The summed E-state index contributed by atoms with van der Waals surface area (Å²) >= 11 is 0. The second-order valence-electron chi connectivity index (χ2n) is 5.70. The Kier molecular flexibility index (Phi) is 4.93. The van der Waals surface area contributed by atoms with E-state index in [1.54, 1.807) is 0 Å². The minimum atomic E-state index is -0.441. The number of methoxy groups -OCH3 is 1. The number of aliphatic hydroxyl groups is 1. The molecular formula is C14H22O5. The largest absolute Gasteiger partial charge is 0.467 e. The first-order chi connectivity index (χ1) is 9.15.